The van der Waals surface area contributed by atoms with Gasteiger partial charge in [-0.05, 0) is 35.3 Å². The van der Waals surface area contributed by atoms with Gasteiger partial charge in [0.15, 0.2) is 0 Å². The molecule has 19 heavy (non-hydrogen) atoms. The van der Waals surface area contributed by atoms with Gasteiger partial charge >= 0.3 is 6.18 Å². The first-order valence-corrected chi connectivity index (χ1v) is 6.74. The number of halogens is 4. The zero-order valence-electron chi connectivity index (χ0n) is 10.3. The van der Waals surface area contributed by atoms with Gasteiger partial charge in [0.1, 0.15) is 5.82 Å². The van der Waals surface area contributed by atoms with Crippen molar-refractivity contribution in [1.29, 1.82) is 0 Å². The zero-order chi connectivity index (χ0) is 14.0. The molecule has 0 amide bonds. The van der Waals surface area contributed by atoms with Crippen molar-refractivity contribution in [3.8, 4) is 0 Å². The number of alkyl halides is 3. The quantitative estimate of drug-likeness (QED) is 0.912. The molecule has 3 nitrogen and oxygen atoms in total. The van der Waals surface area contributed by atoms with E-state index in [4.69, 9.17) is 4.74 Å². The summed E-state index contributed by atoms with van der Waals surface area (Å²) in [6.45, 7) is 3.09. The average molecular weight is 339 g/mol. The predicted octanol–water partition coefficient (Wildman–Crippen LogP) is 3.70. The van der Waals surface area contributed by atoms with Crippen molar-refractivity contribution in [2.45, 2.75) is 25.6 Å². The molecule has 0 spiro atoms. The van der Waals surface area contributed by atoms with E-state index in [0.717, 1.165) is 12.5 Å². The fraction of sp³-hybridized carbons (Fsp3) is 0.583. The number of ether oxygens (including phenoxy) is 1. The molecule has 0 saturated carbocycles. The van der Waals surface area contributed by atoms with Crippen molar-refractivity contribution in [2.24, 2.45) is 5.92 Å². The fourth-order valence-corrected chi connectivity index (χ4v) is 2.38. The molecule has 7 heteroatoms. The third-order valence-electron chi connectivity index (χ3n) is 3.20. The molecule has 0 aromatic carbocycles. The molecular weight excluding hydrogens is 325 g/mol. The number of aromatic nitrogens is 1. The van der Waals surface area contributed by atoms with Gasteiger partial charge in [0, 0.05) is 29.2 Å². The Morgan fingerprint density at radius 2 is 2.26 bits per heavy atom. The molecule has 0 bridgehead atoms. The molecule has 1 aliphatic rings. The molecule has 1 saturated heterocycles. The van der Waals surface area contributed by atoms with Gasteiger partial charge in [-0.1, -0.05) is 0 Å². The second-order valence-electron chi connectivity index (χ2n) is 4.60. The minimum absolute atomic E-state index is 0.114. The second kappa shape index (κ2) is 5.66. The van der Waals surface area contributed by atoms with E-state index in [1.54, 1.807) is 0 Å². The maximum Gasteiger partial charge on any atom is 0.419 e. The first-order valence-electron chi connectivity index (χ1n) is 5.95. The lowest BCUT2D eigenvalue weighted by atomic mass is 10.0. The van der Waals surface area contributed by atoms with E-state index in [2.05, 4.69) is 26.2 Å². The molecule has 0 radical (unpaired) electrons. The summed E-state index contributed by atoms with van der Waals surface area (Å²) in [7, 11) is 0. The van der Waals surface area contributed by atoms with Crippen molar-refractivity contribution in [1.82, 2.24) is 4.98 Å². The highest BCUT2D eigenvalue weighted by Crippen LogP contribution is 2.36. The van der Waals surface area contributed by atoms with E-state index in [1.165, 1.54) is 6.20 Å². The van der Waals surface area contributed by atoms with Crippen LogP contribution in [0.3, 0.4) is 0 Å². The van der Waals surface area contributed by atoms with Crippen molar-refractivity contribution >= 4 is 21.7 Å². The Morgan fingerprint density at radius 3 is 2.84 bits per heavy atom. The van der Waals surface area contributed by atoms with Gasteiger partial charge in [-0.15, -0.1) is 0 Å². The Bertz CT molecular complexity index is 447. The number of hydrogen-bond acceptors (Lipinski definition) is 3. The zero-order valence-corrected chi connectivity index (χ0v) is 11.9. The number of pyridine rings is 1. The topological polar surface area (TPSA) is 34.2 Å². The average Bonchev–Trinajstić information content (AvgIpc) is 2.83. The summed E-state index contributed by atoms with van der Waals surface area (Å²) in [5, 5.41) is 2.85. The third-order valence-corrected chi connectivity index (χ3v) is 3.63. The number of nitrogens with zero attached hydrogens (tertiary/aromatic N) is 1. The molecule has 2 rings (SSSR count). The predicted molar refractivity (Wildman–Crippen MR) is 68.9 cm³/mol. The summed E-state index contributed by atoms with van der Waals surface area (Å²) in [4.78, 5) is 3.84. The lowest BCUT2D eigenvalue weighted by Gasteiger charge is -2.22. The summed E-state index contributed by atoms with van der Waals surface area (Å²) in [6.07, 6.45) is -2.22. The maximum atomic E-state index is 12.9. The fourth-order valence-electron chi connectivity index (χ4n) is 2.05. The number of rotatable bonds is 3. The van der Waals surface area contributed by atoms with Gasteiger partial charge in [0.25, 0.3) is 0 Å². The van der Waals surface area contributed by atoms with Gasteiger partial charge in [-0.3, -0.25) is 0 Å². The van der Waals surface area contributed by atoms with Crippen LogP contribution in [0.25, 0.3) is 0 Å². The van der Waals surface area contributed by atoms with Crippen LogP contribution in [0.2, 0.25) is 0 Å². The van der Waals surface area contributed by atoms with Gasteiger partial charge in [-0.25, -0.2) is 4.98 Å². The molecule has 1 aromatic rings. The van der Waals surface area contributed by atoms with Gasteiger partial charge in [0.05, 0.1) is 12.2 Å². The highest BCUT2D eigenvalue weighted by Gasteiger charge is 2.35. The standard InChI is InChI=1S/C12H14BrF3N2O/c1-7(8-2-3-19-6-8)18-11-10(12(14,15)16)4-9(13)5-17-11/h4-5,7-8H,2-3,6H2,1H3,(H,17,18). The van der Waals surface area contributed by atoms with Crippen LogP contribution in [0.15, 0.2) is 16.7 Å². The first kappa shape index (κ1) is 14.6. The van der Waals surface area contributed by atoms with Crippen LogP contribution in [0.1, 0.15) is 18.9 Å². The summed E-state index contributed by atoms with van der Waals surface area (Å²) in [5.74, 6) is 0.0848. The Hall–Kier alpha value is -0.820. The Labute approximate surface area is 117 Å². The van der Waals surface area contributed by atoms with Crippen LogP contribution >= 0.6 is 15.9 Å². The van der Waals surface area contributed by atoms with Crippen LogP contribution in [0.4, 0.5) is 19.0 Å². The maximum absolute atomic E-state index is 12.9. The van der Waals surface area contributed by atoms with Crippen LogP contribution in [-0.2, 0) is 10.9 Å². The third kappa shape index (κ3) is 3.60. The lowest BCUT2D eigenvalue weighted by molar-refractivity contribution is -0.137. The van der Waals surface area contributed by atoms with E-state index in [0.29, 0.717) is 17.7 Å². The SMILES string of the molecule is CC(Nc1ncc(Br)cc1C(F)(F)F)C1CCOC1. The van der Waals surface area contributed by atoms with E-state index in [9.17, 15) is 13.2 Å². The van der Waals surface area contributed by atoms with Crippen molar-refractivity contribution in [2.75, 3.05) is 18.5 Å². The molecule has 0 aliphatic carbocycles. The number of hydrogen-bond donors (Lipinski definition) is 1. The summed E-state index contributed by atoms with van der Waals surface area (Å²) < 4.78 is 44.3. The normalized spacial score (nSPS) is 21.4. The molecule has 2 heterocycles. The van der Waals surface area contributed by atoms with E-state index >= 15 is 0 Å². The first-order chi connectivity index (χ1) is 8.88. The summed E-state index contributed by atoms with van der Waals surface area (Å²) >= 11 is 3.01. The van der Waals surface area contributed by atoms with E-state index in [1.807, 2.05) is 6.92 Å². The number of nitrogens with one attached hydrogen (secondary N) is 1. The van der Waals surface area contributed by atoms with Crippen LogP contribution in [0, 0.1) is 5.92 Å². The van der Waals surface area contributed by atoms with Crippen molar-refractivity contribution in [3.63, 3.8) is 0 Å². The summed E-state index contributed by atoms with van der Waals surface area (Å²) in [6, 6.07) is 0.921. The molecule has 1 fully saturated rings. The van der Waals surface area contributed by atoms with Crippen LogP contribution < -0.4 is 5.32 Å². The minimum atomic E-state index is -4.43. The molecule has 1 aliphatic heterocycles. The van der Waals surface area contributed by atoms with Crippen LogP contribution in [0.5, 0.6) is 0 Å². The van der Waals surface area contributed by atoms with E-state index < -0.39 is 11.7 Å². The Kier molecular flexibility index (Phi) is 4.35. The summed E-state index contributed by atoms with van der Waals surface area (Å²) in [5.41, 5.74) is -0.757. The van der Waals surface area contributed by atoms with E-state index in [-0.39, 0.29) is 17.8 Å². The highest BCUT2D eigenvalue weighted by molar-refractivity contribution is 9.10. The minimum Gasteiger partial charge on any atom is -0.381 e. The molecule has 2 atom stereocenters. The second-order valence-corrected chi connectivity index (χ2v) is 5.52. The highest BCUT2D eigenvalue weighted by atomic mass is 79.9. The molecule has 1 N–H and O–H groups in total. The van der Waals surface area contributed by atoms with Gasteiger partial charge in [0.2, 0.25) is 0 Å². The monoisotopic (exact) mass is 338 g/mol. The van der Waals surface area contributed by atoms with Crippen molar-refractivity contribution in [3.05, 3.63) is 22.3 Å². The lowest BCUT2D eigenvalue weighted by Crippen LogP contribution is -2.28. The molecule has 2 unspecified atom stereocenters. The van der Waals surface area contributed by atoms with Gasteiger partial charge < -0.3 is 10.1 Å². The largest absolute Gasteiger partial charge is 0.419 e. The number of anilines is 1. The smallest absolute Gasteiger partial charge is 0.381 e. The molecule has 1 aromatic heterocycles. The van der Waals surface area contributed by atoms with Crippen LogP contribution in [-0.4, -0.2) is 24.2 Å². The van der Waals surface area contributed by atoms with Crippen molar-refractivity contribution < 1.29 is 17.9 Å². The Morgan fingerprint density at radius 1 is 1.53 bits per heavy atom. The molecule has 106 valence electrons. The molecular formula is C12H14BrF3N2O. The Balaban J connectivity index is 2.19. The van der Waals surface area contributed by atoms with Gasteiger partial charge in [-0.2, -0.15) is 13.2 Å².